The summed E-state index contributed by atoms with van der Waals surface area (Å²) in [7, 11) is 2.18. The van der Waals surface area contributed by atoms with Crippen LogP contribution in [0.1, 0.15) is 49.7 Å². The maximum atomic E-state index is 13.3. The predicted molar refractivity (Wildman–Crippen MR) is 139 cm³/mol. The molecule has 7 nitrogen and oxygen atoms in total. The lowest BCUT2D eigenvalue weighted by molar-refractivity contribution is -0.139. The fourth-order valence-corrected chi connectivity index (χ4v) is 5.94. The summed E-state index contributed by atoms with van der Waals surface area (Å²) < 4.78 is 0. The van der Waals surface area contributed by atoms with Crippen molar-refractivity contribution in [2.24, 2.45) is 0 Å². The smallest absolute Gasteiger partial charge is 0.324 e. The molecule has 0 atom stereocenters. The summed E-state index contributed by atoms with van der Waals surface area (Å²) in [5, 5.41) is 9.29. The van der Waals surface area contributed by atoms with Crippen molar-refractivity contribution in [3.05, 3.63) is 29.3 Å². The van der Waals surface area contributed by atoms with E-state index >= 15 is 0 Å². The number of fused-ring (bicyclic) bond motifs is 1. The van der Waals surface area contributed by atoms with Crippen molar-refractivity contribution in [1.82, 2.24) is 14.7 Å². The molecule has 1 aromatic rings. The van der Waals surface area contributed by atoms with E-state index in [4.69, 9.17) is 0 Å². The zero-order valence-electron chi connectivity index (χ0n) is 20.0. The first kappa shape index (κ1) is 27.1. The number of likely N-dealkylation sites (N-methyl/N-ethyl adjacent to an activating group) is 1. The summed E-state index contributed by atoms with van der Waals surface area (Å²) >= 11 is 0. The van der Waals surface area contributed by atoms with Crippen LogP contribution in [-0.2, 0) is 17.6 Å². The number of amides is 2. The van der Waals surface area contributed by atoms with Crippen LogP contribution in [0.5, 0.6) is 0 Å². The summed E-state index contributed by atoms with van der Waals surface area (Å²) in [5.74, 6) is -0.725. The zero-order chi connectivity index (χ0) is 22.2. The average Bonchev–Trinajstić information content (AvgIpc) is 3.58. The molecular weight excluding hydrogens is 475 g/mol. The zero-order valence-corrected chi connectivity index (χ0v) is 21.7. The first-order valence-electron chi connectivity index (χ1n) is 12.4. The van der Waals surface area contributed by atoms with E-state index in [2.05, 4.69) is 39.9 Å². The van der Waals surface area contributed by atoms with Crippen LogP contribution in [0, 0.1) is 0 Å². The van der Waals surface area contributed by atoms with Crippen LogP contribution in [0.25, 0.3) is 0 Å². The number of hydrogen-bond acceptors (Lipinski definition) is 4. The largest absolute Gasteiger partial charge is 0.480 e. The van der Waals surface area contributed by atoms with Gasteiger partial charge >= 0.3 is 12.0 Å². The number of aliphatic carboxylic acids is 1. The Morgan fingerprint density at radius 3 is 2.18 bits per heavy atom. The number of carboxylic acids is 1. The van der Waals surface area contributed by atoms with Gasteiger partial charge in [-0.05, 0) is 81.7 Å². The van der Waals surface area contributed by atoms with Crippen molar-refractivity contribution in [2.75, 3.05) is 44.7 Å². The Morgan fingerprint density at radius 1 is 0.941 bits per heavy atom. The minimum absolute atomic E-state index is 0. The van der Waals surface area contributed by atoms with E-state index in [1.165, 1.54) is 11.1 Å². The fraction of sp³-hybridized carbons (Fsp3) is 0.680. The monoisotopic (exact) mass is 512 g/mol. The Hall–Kier alpha value is -1.54. The third kappa shape index (κ3) is 5.81. The molecule has 2 aliphatic carbocycles. The second-order valence-corrected chi connectivity index (χ2v) is 10.1. The number of carboxylic acid groups (broad SMARTS) is 1. The Morgan fingerprint density at radius 2 is 1.56 bits per heavy atom. The number of benzene rings is 1. The second kappa shape index (κ2) is 11.5. The van der Waals surface area contributed by atoms with Gasteiger partial charge in [0.1, 0.15) is 0 Å². The van der Waals surface area contributed by atoms with Gasteiger partial charge in [0.2, 0.25) is 0 Å². The Bertz CT molecular complexity index is 874. The minimum atomic E-state index is -0.725. The van der Waals surface area contributed by atoms with E-state index in [1.807, 2.05) is 4.90 Å². The van der Waals surface area contributed by atoms with Crippen LogP contribution in [0.2, 0.25) is 0 Å². The van der Waals surface area contributed by atoms with Gasteiger partial charge in [-0.15, -0.1) is 24.8 Å². The SMILES string of the molecule is CN1CCc2ccc(N3CCN([C@H]4CC[C@H](N(CC(=O)O)C5CC5)CC4)C3=O)cc2CC1.Cl.Cl. The van der Waals surface area contributed by atoms with Crippen molar-refractivity contribution in [2.45, 2.75) is 69.5 Å². The number of carbonyl (C=O) groups excluding carboxylic acids is 1. The summed E-state index contributed by atoms with van der Waals surface area (Å²) in [5.41, 5.74) is 3.84. The fourth-order valence-electron chi connectivity index (χ4n) is 5.94. The van der Waals surface area contributed by atoms with Crippen molar-refractivity contribution >= 4 is 42.5 Å². The first-order valence-corrected chi connectivity index (χ1v) is 12.4. The van der Waals surface area contributed by atoms with Gasteiger partial charge < -0.3 is 14.9 Å². The summed E-state index contributed by atoms with van der Waals surface area (Å²) in [4.78, 5) is 33.2. The quantitative estimate of drug-likeness (QED) is 0.629. The van der Waals surface area contributed by atoms with E-state index < -0.39 is 5.97 Å². The van der Waals surface area contributed by atoms with Crippen molar-refractivity contribution in [1.29, 1.82) is 0 Å². The molecule has 0 spiro atoms. The van der Waals surface area contributed by atoms with Gasteiger partial charge in [0.15, 0.2) is 0 Å². The van der Waals surface area contributed by atoms with Gasteiger partial charge in [-0.1, -0.05) is 6.07 Å². The number of urea groups is 1. The van der Waals surface area contributed by atoms with Crippen LogP contribution in [0.3, 0.4) is 0 Å². The Balaban J connectivity index is 0.00000162. The van der Waals surface area contributed by atoms with Crippen LogP contribution in [0.4, 0.5) is 10.5 Å². The molecule has 0 bridgehead atoms. The van der Waals surface area contributed by atoms with Gasteiger partial charge in [-0.2, -0.15) is 0 Å². The molecule has 2 amide bonds. The summed E-state index contributed by atoms with van der Waals surface area (Å²) in [6, 6.07) is 7.83. The molecule has 190 valence electrons. The lowest BCUT2D eigenvalue weighted by Gasteiger charge is -2.39. The molecule has 1 N–H and O–H groups in total. The molecule has 1 aromatic carbocycles. The lowest BCUT2D eigenvalue weighted by Crippen LogP contribution is -2.47. The van der Waals surface area contributed by atoms with Crippen molar-refractivity contribution in [3.63, 3.8) is 0 Å². The number of anilines is 1. The summed E-state index contributed by atoms with van der Waals surface area (Å²) in [6.07, 6.45) is 8.31. The van der Waals surface area contributed by atoms with E-state index in [-0.39, 0.29) is 43.4 Å². The number of nitrogens with zero attached hydrogens (tertiary/aromatic N) is 4. The average molecular weight is 514 g/mol. The van der Waals surface area contributed by atoms with Crippen LogP contribution < -0.4 is 4.90 Å². The van der Waals surface area contributed by atoms with Crippen molar-refractivity contribution < 1.29 is 14.7 Å². The maximum absolute atomic E-state index is 13.3. The van der Waals surface area contributed by atoms with Gasteiger partial charge in [-0.25, -0.2) is 4.79 Å². The normalized spacial score (nSPS) is 25.4. The van der Waals surface area contributed by atoms with Crippen LogP contribution in [0.15, 0.2) is 18.2 Å². The van der Waals surface area contributed by atoms with Crippen molar-refractivity contribution in [3.8, 4) is 0 Å². The molecule has 0 radical (unpaired) electrons. The molecular formula is C25H38Cl2N4O3. The highest BCUT2D eigenvalue weighted by atomic mass is 35.5. The number of carbonyl (C=O) groups is 2. The first-order chi connectivity index (χ1) is 15.5. The van der Waals surface area contributed by atoms with E-state index in [1.54, 1.807) is 0 Å². The van der Waals surface area contributed by atoms with E-state index in [0.717, 1.165) is 83.2 Å². The molecule has 3 fully saturated rings. The summed E-state index contributed by atoms with van der Waals surface area (Å²) in [6.45, 7) is 3.86. The molecule has 0 aromatic heterocycles. The molecule has 34 heavy (non-hydrogen) atoms. The number of halogens is 2. The highest BCUT2D eigenvalue weighted by molar-refractivity contribution is 5.94. The van der Waals surface area contributed by atoms with Gasteiger partial charge in [0.25, 0.3) is 0 Å². The molecule has 0 unspecified atom stereocenters. The minimum Gasteiger partial charge on any atom is -0.480 e. The maximum Gasteiger partial charge on any atom is 0.324 e. The molecule has 1 saturated heterocycles. The van der Waals surface area contributed by atoms with Crippen LogP contribution >= 0.6 is 24.8 Å². The number of rotatable bonds is 6. The topological polar surface area (TPSA) is 67.3 Å². The van der Waals surface area contributed by atoms with Crippen LogP contribution in [-0.4, -0.2) is 89.7 Å². The third-order valence-corrected chi connectivity index (χ3v) is 7.98. The van der Waals surface area contributed by atoms with Gasteiger partial charge in [0.05, 0.1) is 6.54 Å². The Kier molecular flexibility index (Phi) is 9.12. The lowest BCUT2D eigenvalue weighted by atomic mass is 9.89. The molecule has 9 heteroatoms. The van der Waals surface area contributed by atoms with Gasteiger partial charge in [-0.3, -0.25) is 14.6 Å². The molecule has 4 aliphatic rings. The standard InChI is InChI=1S/C25H36N4O3.2ClH/c1-26-12-10-18-2-3-23(16-19(18)11-13-26)28-15-14-27(25(28)32)20-4-6-21(7-5-20)29(17-24(30)31)22-8-9-22;;/h2-3,16,20-22H,4-15,17H2,1H3,(H,30,31);2*1H/t20-,21-;;. The molecule has 5 rings (SSSR count). The molecule has 2 heterocycles. The molecule has 2 saturated carbocycles. The third-order valence-electron chi connectivity index (χ3n) is 7.98. The highest BCUT2D eigenvalue weighted by Crippen LogP contribution is 2.36. The number of hydrogen-bond donors (Lipinski definition) is 1. The van der Waals surface area contributed by atoms with E-state index in [0.29, 0.717) is 12.1 Å². The molecule has 2 aliphatic heterocycles. The highest BCUT2D eigenvalue weighted by Gasteiger charge is 2.40. The van der Waals surface area contributed by atoms with Gasteiger partial charge in [0, 0.05) is 50.0 Å². The predicted octanol–water partition coefficient (Wildman–Crippen LogP) is 3.66. The Labute approximate surface area is 215 Å². The second-order valence-electron chi connectivity index (χ2n) is 10.1. The van der Waals surface area contributed by atoms with E-state index in [9.17, 15) is 14.7 Å².